The Balaban J connectivity index is 1.86. The highest BCUT2D eigenvalue weighted by Crippen LogP contribution is 2.17. The first-order valence-electron chi connectivity index (χ1n) is 10.00. The number of hydrogen-bond acceptors (Lipinski definition) is 3. The minimum atomic E-state index is -3.83. The number of sulfonamides is 1. The van der Waals surface area contributed by atoms with E-state index in [1.165, 1.54) is 22.5 Å². The second kappa shape index (κ2) is 10.2. The van der Waals surface area contributed by atoms with Crippen molar-refractivity contribution in [3.05, 3.63) is 103 Å². The SMILES string of the molecule is C=CCN(CC(=O)N(Cc1ccccc1)Cc1cccn1C)S(=O)(=O)c1ccccc1. The molecule has 0 N–H and O–H groups in total. The Morgan fingerprint density at radius 2 is 1.61 bits per heavy atom. The standard InChI is InChI=1S/C24H27N3O3S/c1-3-16-27(31(29,30)23-14-8-5-9-15-23)20-24(28)26(18-21-11-6-4-7-12-21)19-22-13-10-17-25(22)2/h3-15,17H,1,16,18-20H2,2H3. The summed E-state index contributed by atoms with van der Waals surface area (Å²) in [5.41, 5.74) is 1.94. The third kappa shape index (κ3) is 5.71. The Morgan fingerprint density at radius 1 is 0.968 bits per heavy atom. The fourth-order valence-corrected chi connectivity index (χ4v) is 4.66. The maximum atomic E-state index is 13.3. The van der Waals surface area contributed by atoms with Crippen molar-refractivity contribution in [3.8, 4) is 0 Å². The van der Waals surface area contributed by atoms with Crippen molar-refractivity contribution < 1.29 is 13.2 Å². The quantitative estimate of drug-likeness (QED) is 0.457. The third-order valence-corrected chi connectivity index (χ3v) is 6.82. The van der Waals surface area contributed by atoms with E-state index < -0.39 is 10.0 Å². The van der Waals surface area contributed by atoms with Gasteiger partial charge in [-0.2, -0.15) is 4.31 Å². The van der Waals surface area contributed by atoms with Gasteiger partial charge in [0.25, 0.3) is 0 Å². The van der Waals surface area contributed by atoms with Crippen LogP contribution in [0.2, 0.25) is 0 Å². The number of aryl methyl sites for hydroxylation is 1. The van der Waals surface area contributed by atoms with Crippen LogP contribution < -0.4 is 0 Å². The van der Waals surface area contributed by atoms with E-state index >= 15 is 0 Å². The van der Waals surface area contributed by atoms with Crippen LogP contribution >= 0.6 is 0 Å². The van der Waals surface area contributed by atoms with Crippen LogP contribution in [-0.2, 0) is 35.0 Å². The highest BCUT2D eigenvalue weighted by atomic mass is 32.2. The molecule has 1 amide bonds. The topological polar surface area (TPSA) is 62.6 Å². The van der Waals surface area contributed by atoms with E-state index in [0.29, 0.717) is 13.1 Å². The van der Waals surface area contributed by atoms with Gasteiger partial charge in [0, 0.05) is 32.0 Å². The average molecular weight is 438 g/mol. The van der Waals surface area contributed by atoms with Gasteiger partial charge in [0.2, 0.25) is 15.9 Å². The van der Waals surface area contributed by atoms with Crippen LogP contribution in [0.4, 0.5) is 0 Å². The van der Waals surface area contributed by atoms with Gasteiger partial charge in [0.05, 0.1) is 18.0 Å². The number of nitrogens with zero attached hydrogens (tertiary/aromatic N) is 3. The predicted molar refractivity (Wildman–Crippen MR) is 122 cm³/mol. The first-order chi connectivity index (χ1) is 14.9. The third-order valence-electron chi connectivity index (χ3n) is 5.00. The molecule has 2 aromatic carbocycles. The molecule has 0 fully saturated rings. The van der Waals surface area contributed by atoms with Crippen molar-refractivity contribution >= 4 is 15.9 Å². The molecular formula is C24H27N3O3S. The second-order valence-electron chi connectivity index (χ2n) is 7.25. The second-order valence-corrected chi connectivity index (χ2v) is 9.18. The fraction of sp³-hybridized carbons (Fsp3) is 0.208. The number of benzene rings is 2. The van der Waals surface area contributed by atoms with Gasteiger partial charge in [0.1, 0.15) is 0 Å². The lowest BCUT2D eigenvalue weighted by Gasteiger charge is -2.27. The zero-order chi connectivity index (χ0) is 22.3. The number of hydrogen-bond donors (Lipinski definition) is 0. The van der Waals surface area contributed by atoms with E-state index in [4.69, 9.17) is 0 Å². The molecule has 31 heavy (non-hydrogen) atoms. The van der Waals surface area contributed by atoms with E-state index in [0.717, 1.165) is 11.3 Å². The van der Waals surface area contributed by atoms with Crippen LogP contribution in [0.1, 0.15) is 11.3 Å². The van der Waals surface area contributed by atoms with E-state index in [9.17, 15) is 13.2 Å². The van der Waals surface area contributed by atoms with Crippen LogP contribution in [0.15, 0.2) is 96.5 Å². The lowest BCUT2D eigenvalue weighted by atomic mass is 10.2. The van der Waals surface area contributed by atoms with Crippen LogP contribution in [0.5, 0.6) is 0 Å². The molecule has 6 nitrogen and oxygen atoms in total. The van der Waals surface area contributed by atoms with Gasteiger partial charge in [-0.1, -0.05) is 54.6 Å². The molecule has 0 saturated carbocycles. The van der Waals surface area contributed by atoms with E-state index in [1.54, 1.807) is 23.1 Å². The summed E-state index contributed by atoms with van der Waals surface area (Å²) in [5, 5.41) is 0. The molecule has 0 aliphatic rings. The van der Waals surface area contributed by atoms with Gasteiger partial charge in [-0.15, -0.1) is 6.58 Å². The van der Waals surface area contributed by atoms with E-state index in [1.807, 2.05) is 60.3 Å². The lowest BCUT2D eigenvalue weighted by Crippen LogP contribution is -2.42. The van der Waals surface area contributed by atoms with Crippen molar-refractivity contribution in [1.82, 2.24) is 13.8 Å². The van der Waals surface area contributed by atoms with Gasteiger partial charge < -0.3 is 9.47 Å². The summed E-state index contributed by atoms with van der Waals surface area (Å²) in [6.07, 6.45) is 3.41. The Bertz CT molecular complexity index is 1110. The molecule has 7 heteroatoms. The number of carbonyl (C=O) groups is 1. The summed E-state index contributed by atoms with van der Waals surface area (Å²) in [6.45, 7) is 4.22. The number of rotatable bonds is 10. The van der Waals surface area contributed by atoms with Gasteiger partial charge in [-0.25, -0.2) is 8.42 Å². The Labute approximate surface area is 184 Å². The molecule has 0 bridgehead atoms. The van der Waals surface area contributed by atoms with Crippen LogP contribution in [0.25, 0.3) is 0 Å². The van der Waals surface area contributed by atoms with E-state index in [2.05, 4.69) is 6.58 Å². The molecule has 3 aromatic rings. The van der Waals surface area contributed by atoms with Gasteiger partial charge >= 0.3 is 0 Å². The molecule has 1 aromatic heterocycles. The fourth-order valence-electron chi connectivity index (χ4n) is 3.28. The Hall–Kier alpha value is -3.16. The molecule has 0 aliphatic heterocycles. The summed E-state index contributed by atoms with van der Waals surface area (Å²) in [5.74, 6) is -0.272. The number of carbonyl (C=O) groups excluding carboxylic acids is 1. The molecule has 0 radical (unpaired) electrons. The highest BCUT2D eigenvalue weighted by molar-refractivity contribution is 7.89. The molecular weight excluding hydrogens is 410 g/mol. The average Bonchev–Trinajstić information content (AvgIpc) is 3.18. The molecule has 0 atom stereocenters. The zero-order valence-corrected chi connectivity index (χ0v) is 18.4. The molecule has 3 rings (SSSR count). The maximum absolute atomic E-state index is 13.3. The van der Waals surface area contributed by atoms with E-state index in [-0.39, 0.29) is 23.9 Å². The number of aromatic nitrogens is 1. The minimum Gasteiger partial charge on any atom is -0.353 e. The van der Waals surface area contributed by atoms with Crippen molar-refractivity contribution in [1.29, 1.82) is 0 Å². The van der Waals surface area contributed by atoms with Crippen molar-refractivity contribution in [2.45, 2.75) is 18.0 Å². The maximum Gasteiger partial charge on any atom is 0.243 e. The predicted octanol–water partition coefficient (Wildman–Crippen LogP) is 3.43. The smallest absolute Gasteiger partial charge is 0.243 e. The van der Waals surface area contributed by atoms with Crippen LogP contribution in [-0.4, -0.2) is 41.2 Å². The summed E-state index contributed by atoms with van der Waals surface area (Å²) in [6, 6.07) is 21.7. The summed E-state index contributed by atoms with van der Waals surface area (Å²) in [4.78, 5) is 15.2. The molecule has 162 valence electrons. The molecule has 0 aliphatic carbocycles. The molecule has 0 spiro atoms. The summed E-state index contributed by atoms with van der Waals surface area (Å²) < 4.78 is 29.3. The summed E-state index contributed by atoms with van der Waals surface area (Å²) >= 11 is 0. The van der Waals surface area contributed by atoms with Gasteiger partial charge in [0.15, 0.2) is 0 Å². The van der Waals surface area contributed by atoms with Crippen molar-refractivity contribution in [3.63, 3.8) is 0 Å². The largest absolute Gasteiger partial charge is 0.353 e. The van der Waals surface area contributed by atoms with Crippen LogP contribution in [0.3, 0.4) is 0 Å². The van der Waals surface area contributed by atoms with Gasteiger partial charge in [-0.3, -0.25) is 4.79 Å². The molecule has 1 heterocycles. The lowest BCUT2D eigenvalue weighted by molar-refractivity contribution is -0.132. The Kier molecular flexibility index (Phi) is 7.44. The van der Waals surface area contributed by atoms with Crippen molar-refractivity contribution in [2.24, 2.45) is 7.05 Å². The first kappa shape index (κ1) is 22.5. The minimum absolute atomic E-state index is 0.0479. The zero-order valence-electron chi connectivity index (χ0n) is 17.6. The van der Waals surface area contributed by atoms with Crippen molar-refractivity contribution in [2.75, 3.05) is 13.1 Å². The molecule has 0 unspecified atom stereocenters. The monoisotopic (exact) mass is 437 g/mol. The highest BCUT2D eigenvalue weighted by Gasteiger charge is 2.28. The van der Waals surface area contributed by atoms with Crippen LogP contribution in [0, 0.1) is 0 Å². The first-order valence-corrected chi connectivity index (χ1v) is 11.4. The molecule has 0 saturated heterocycles. The Morgan fingerprint density at radius 3 is 2.19 bits per heavy atom. The number of amides is 1. The van der Waals surface area contributed by atoms with Gasteiger partial charge in [-0.05, 0) is 29.8 Å². The normalized spacial score (nSPS) is 11.4. The summed E-state index contributed by atoms with van der Waals surface area (Å²) in [7, 11) is -1.90.